The number of amides is 1. The van der Waals surface area contributed by atoms with E-state index in [1.165, 1.54) is 270 Å². The van der Waals surface area contributed by atoms with E-state index >= 15 is 0 Å². The summed E-state index contributed by atoms with van der Waals surface area (Å²) in [6.45, 7) is 4.88. The molecular weight excluding hydrogens is 875 g/mol. The summed E-state index contributed by atoms with van der Waals surface area (Å²) in [4.78, 5) is 24.4. The first-order valence-corrected chi connectivity index (χ1v) is 31.8. The number of esters is 1. The largest absolute Gasteiger partial charge is 0.466 e. The highest BCUT2D eigenvalue weighted by molar-refractivity contribution is 5.76. The average Bonchev–Trinajstić information content (AvgIpc) is 3.37. The number of aliphatic hydroxyl groups excluding tert-OH is 2. The number of ether oxygens (including phenoxy) is 1. The molecule has 0 bridgehead atoms. The van der Waals surface area contributed by atoms with Crippen molar-refractivity contribution in [2.45, 2.75) is 353 Å². The Morgan fingerprint density at radius 3 is 1.03 bits per heavy atom. The molecule has 0 aliphatic rings. The van der Waals surface area contributed by atoms with Gasteiger partial charge >= 0.3 is 5.97 Å². The molecule has 0 saturated carbocycles. The van der Waals surface area contributed by atoms with Gasteiger partial charge in [0.05, 0.1) is 25.4 Å². The fraction of sp³-hybridized carbons (Fsp3) is 0.877. The second-order valence-corrected chi connectivity index (χ2v) is 21.7. The second-order valence-electron chi connectivity index (χ2n) is 21.7. The Hall–Kier alpha value is -1.92. The molecule has 2 unspecified atom stereocenters. The van der Waals surface area contributed by atoms with Crippen LogP contribution in [-0.4, -0.2) is 47.4 Å². The molecule has 0 saturated heterocycles. The van der Waals surface area contributed by atoms with Gasteiger partial charge in [-0.1, -0.05) is 281 Å². The van der Waals surface area contributed by atoms with Crippen LogP contribution in [0.15, 0.2) is 36.5 Å². The smallest absolute Gasteiger partial charge is 0.305 e. The minimum absolute atomic E-state index is 0.00709. The third-order valence-electron chi connectivity index (χ3n) is 14.6. The second kappa shape index (κ2) is 60.6. The molecule has 0 aliphatic carbocycles. The van der Waals surface area contributed by atoms with E-state index in [4.69, 9.17) is 4.74 Å². The van der Waals surface area contributed by atoms with E-state index in [0.717, 1.165) is 44.9 Å². The highest BCUT2D eigenvalue weighted by Gasteiger charge is 2.18. The molecule has 0 rings (SSSR count). The van der Waals surface area contributed by atoms with Gasteiger partial charge in [0, 0.05) is 12.8 Å². The van der Waals surface area contributed by atoms with Crippen molar-refractivity contribution < 1.29 is 24.5 Å². The van der Waals surface area contributed by atoms with E-state index in [2.05, 4.69) is 43.5 Å². The number of hydrogen-bond acceptors (Lipinski definition) is 5. The summed E-state index contributed by atoms with van der Waals surface area (Å²) >= 11 is 0. The molecule has 0 spiro atoms. The number of allylic oxidation sites excluding steroid dienone is 5. The molecule has 0 fully saturated rings. The summed E-state index contributed by atoms with van der Waals surface area (Å²) in [6, 6.07) is -0.625. The molecule has 6 heteroatoms. The molecule has 6 nitrogen and oxygen atoms in total. The number of aliphatic hydroxyl groups is 2. The summed E-state index contributed by atoms with van der Waals surface area (Å²) in [6.07, 6.45) is 76.4. The number of nitrogens with one attached hydrogen (secondary N) is 1. The van der Waals surface area contributed by atoms with Crippen LogP contribution in [0.2, 0.25) is 0 Å². The zero-order valence-electron chi connectivity index (χ0n) is 47.7. The molecule has 2 atom stereocenters. The first-order valence-electron chi connectivity index (χ1n) is 31.8. The minimum Gasteiger partial charge on any atom is -0.466 e. The van der Waals surface area contributed by atoms with Crippen LogP contribution in [0.1, 0.15) is 341 Å². The van der Waals surface area contributed by atoms with Crippen molar-refractivity contribution in [2.75, 3.05) is 13.2 Å². The van der Waals surface area contributed by atoms with Crippen molar-refractivity contribution in [3.05, 3.63) is 36.5 Å². The number of unbranched alkanes of at least 4 members (excludes halogenated alkanes) is 44. The van der Waals surface area contributed by atoms with Crippen LogP contribution in [0.5, 0.6) is 0 Å². The van der Waals surface area contributed by atoms with Gasteiger partial charge in [0.15, 0.2) is 0 Å². The predicted molar refractivity (Wildman–Crippen MR) is 310 cm³/mol. The molecule has 0 aliphatic heterocycles. The van der Waals surface area contributed by atoms with Crippen LogP contribution in [0.3, 0.4) is 0 Å². The Kier molecular flexibility index (Phi) is 59.0. The van der Waals surface area contributed by atoms with Gasteiger partial charge < -0.3 is 20.3 Å². The van der Waals surface area contributed by atoms with Gasteiger partial charge in [-0.05, 0) is 83.5 Å². The summed E-state index contributed by atoms with van der Waals surface area (Å²) < 4.78 is 5.47. The van der Waals surface area contributed by atoms with Gasteiger partial charge in [-0.15, -0.1) is 0 Å². The molecule has 3 N–H and O–H groups in total. The van der Waals surface area contributed by atoms with Crippen molar-refractivity contribution in [3.63, 3.8) is 0 Å². The molecule has 0 aromatic rings. The van der Waals surface area contributed by atoms with Crippen molar-refractivity contribution >= 4 is 11.9 Å². The zero-order chi connectivity index (χ0) is 51.4. The fourth-order valence-corrected chi connectivity index (χ4v) is 9.74. The van der Waals surface area contributed by atoms with E-state index in [0.29, 0.717) is 19.4 Å². The van der Waals surface area contributed by atoms with Gasteiger partial charge in [0.1, 0.15) is 0 Å². The molecule has 0 aromatic heterocycles. The number of carbonyl (C=O) groups is 2. The summed E-state index contributed by atoms with van der Waals surface area (Å²) in [7, 11) is 0. The number of rotatable bonds is 59. The number of carbonyl (C=O) groups excluding carboxylic acids is 2. The Bertz CT molecular complexity index is 1150. The highest BCUT2D eigenvalue weighted by atomic mass is 16.5. The normalized spacial score (nSPS) is 12.8. The number of hydrogen-bond donors (Lipinski definition) is 3. The SMILES string of the molecule is CCCCC/C=C\CCCCCCCC(=O)OCCCCCCCCCCCCCC/C=C\CCCCCCCCCCCCCCCCCC(=O)NC(CO)C(O)/C=C/CCCCCCCCCCC. The molecular formula is C65H123NO5. The summed E-state index contributed by atoms with van der Waals surface area (Å²) in [5.41, 5.74) is 0. The van der Waals surface area contributed by atoms with Crippen molar-refractivity contribution in [1.82, 2.24) is 5.32 Å². The fourth-order valence-electron chi connectivity index (χ4n) is 9.74. The van der Waals surface area contributed by atoms with E-state index < -0.39 is 12.1 Å². The predicted octanol–water partition coefficient (Wildman–Crippen LogP) is 20.0. The molecule has 0 heterocycles. The maximum absolute atomic E-state index is 12.4. The lowest BCUT2D eigenvalue weighted by Gasteiger charge is -2.20. The Morgan fingerprint density at radius 2 is 0.662 bits per heavy atom. The lowest BCUT2D eigenvalue weighted by atomic mass is 10.0. The third kappa shape index (κ3) is 57.2. The van der Waals surface area contributed by atoms with Crippen LogP contribution in [0.25, 0.3) is 0 Å². The van der Waals surface area contributed by atoms with Crippen LogP contribution >= 0.6 is 0 Å². The van der Waals surface area contributed by atoms with E-state index in [1.807, 2.05) is 6.08 Å². The first-order chi connectivity index (χ1) is 35.0. The molecule has 1 amide bonds. The van der Waals surface area contributed by atoms with Crippen LogP contribution in [-0.2, 0) is 14.3 Å². The van der Waals surface area contributed by atoms with Gasteiger partial charge in [0.25, 0.3) is 0 Å². The van der Waals surface area contributed by atoms with E-state index in [1.54, 1.807) is 6.08 Å². The van der Waals surface area contributed by atoms with Crippen molar-refractivity contribution in [3.8, 4) is 0 Å². The summed E-state index contributed by atoms with van der Waals surface area (Å²) in [5.74, 6) is -0.0594. The monoisotopic (exact) mass is 998 g/mol. The van der Waals surface area contributed by atoms with Gasteiger partial charge in [-0.25, -0.2) is 0 Å². The lowest BCUT2D eigenvalue weighted by Crippen LogP contribution is -2.45. The van der Waals surface area contributed by atoms with Gasteiger partial charge in [-0.2, -0.15) is 0 Å². The summed E-state index contributed by atoms with van der Waals surface area (Å²) in [5, 5.41) is 23.0. The minimum atomic E-state index is -0.841. The maximum Gasteiger partial charge on any atom is 0.305 e. The van der Waals surface area contributed by atoms with Crippen LogP contribution < -0.4 is 5.32 Å². The topological polar surface area (TPSA) is 95.9 Å². The first kappa shape index (κ1) is 69.1. The lowest BCUT2D eigenvalue weighted by molar-refractivity contribution is -0.143. The Labute approximate surface area is 443 Å². The van der Waals surface area contributed by atoms with E-state index in [-0.39, 0.29) is 18.5 Å². The van der Waals surface area contributed by atoms with Crippen molar-refractivity contribution in [2.24, 2.45) is 0 Å². The van der Waals surface area contributed by atoms with Crippen LogP contribution in [0, 0.1) is 0 Å². The molecule has 0 radical (unpaired) electrons. The Morgan fingerprint density at radius 1 is 0.380 bits per heavy atom. The van der Waals surface area contributed by atoms with Crippen LogP contribution in [0.4, 0.5) is 0 Å². The molecule has 418 valence electrons. The Balaban J connectivity index is 3.36. The third-order valence-corrected chi connectivity index (χ3v) is 14.6. The zero-order valence-corrected chi connectivity index (χ0v) is 47.7. The van der Waals surface area contributed by atoms with Gasteiger partial charge in [-0.3, -0.25) is 9.59 Å². The van der Waals surface area contributed by atoms with Crippen molar-refractivity contribution in [1.29, 1.82) is 0 Å². The molecule has 0 aromatic carbocycles. The van der Waals surface area contributed by atoms with Gasteiger partial charge in [0.2, 0.25) is 5.91 Å². The van der Waals surface area contributed by atoms with E-state index in [9.17, 15) is 19.8 Å². The quantitative estimate of drug-likeness (QED) is 0.0321. The maximum atomic E-state index is 12.4. The average molecular weight is 999 g/mol. The standard InChI is InChI=1S/C65H123NO5/c1-3-5-7-9-11-13-15-39-43-47-51-55-59-65(70)71-60-56-52-48-44-40-36-34-32-30-28-26-24-22-20-18-16-17-19-21-23-25-27-29-31-33-35-38-42-46-50-54-58-64(69)66-62(61-67)63(68)57-53-49-45-41-37-14-12-10-8-6-4-2/h11,13,18,20,53,57,62-63,67-68H,3-10,12,14-17,19,21-52,54-56,58-61H2,1-2H3,(H,66,69)/b13-11-,20-18-,57-53+. The molecule has 71 heavy (non-hydrogen) atoms. The highest BCUT2D eigenvalue weighted by Crippen LogP contribution is 2.17.